The molecule has 4 heterocycles. The maximum atomic E-state index is 12.8. The van der Waals surface area contributed by atoms with Gasteiger partial charge in [-0.2, -0.15) is 5.26 Å². The number of nitrogens with zero attached hydrogens (tertiary/aromatic N) is 3. The Balaban J connectivity index is 1.69. The zero-order valence-corrected chi connectivity index (χ0v) is 26.7. The number of aryl methyl sites for hydroxylation is 1. The van der Waals surface area contributed by atoms with E-state index in [1.807, 2.05) is 24.9 Å². The van der Waals surface area contributed by atoms with E-state index in [-0.39, 0.29) is 30.1 Å². The van der Waals surface area contributed by atoms with Crippen molar-refractivity contribution in [2.45, 2.75) is 69.6 Å². The molecular formula is C32H35N3O9S. The minimum atomic E-state index is -0.796. The van der Waals surface area contributed by atoms with Crippen LogP contribution in [0.4, 0.5) is 0 Å². The first-order valence-electron chi connectivity index (χ1n) is 14.7. The van der Waals surface area contributed by atoms with E-state index in [1.165, 1.54) is 32.7 Å². The molecule has 2 N–H and O–H groups in total. The lowest BCUT2D eigenvalue weighted by Crippen LogP contribution is -2.69. The number of carbonyl (C=O) groups excluding carboxylic acids is 3. The number of methoxy groups -OCH3 is 1. The lowest BCUT2D eigenvalue weighted by molar-refractivity contribution is -0.133. The Morgan fingerprint density at radius 2 is 1.84 bits per heavy atom. The predicted molar refractivity (Wildman–Crippen MR) is 162 cm³/mol. The molecule has 0 radical (unpaired) electrons. The van der Waals surface area contributed by atoms with Gasteiger partial charge in [-0.1, -0.05) is 6.07 Å². The minimum absolute atomic E-state index is 0.0184. The molecule has 4 aliphatic heterocycles. The van der Waals surface area contributed by atoms with Crippen molar-refractivity contribution >= 4 is 29.3 Å². The fraction of sp³-hybridized carbons (Fsp3) is 0.500. The zero-order valence-electron chi connectivity index (χ0n) is 25.9. The third-order valence-corrected chi connectivity index (χ3v) is 10.8. The second-order valence-corrected chi connectivity index (χ2v) is 13.0. The van der Waals surface area contributed by atoms with Gasteiger partial charge in [0.25, 0.3) is 0 Å². The van der Waals surface area contributed by atoms with E-state index in [2.05, 4.69) is 11.0 Å². The molecule has 1 fully saturated rings. The van der Waals surface area contributed by atoms with Gasteiger partial charge in [0.1, 0.15) is 11.8 Å². The first kappa shape index (κ1) is 31.2. The number of nitriles is 1. The van der Waals surface area contributed by atoms with E-state index < -0.39 is 53.6 Å². The molecule has 2 aromatic carbocycles. The van der Waals surface area contributed by atoms with Crippen molar-refractivity contribution in [2.75, 3.05) is 33.3 Å². The number of esters is 1. The number of ether oxygens (including phenoxy) is 4. The van der Waals surface area contributed by atoms with Crippen LogP contribution < -0.4 is 18.9 Å². The smallest absolute Gasteiger partial charge is 0.308 e. The Morgan fingerprint density at radius 1 is 1.13 bits per heavy atom. The molecule has 238 valence electrons. The number of aliphatic hydroxyl groups excluding tert-OH is 1. The number of hydrogen-bond donors (Lipinski definition) is 2. The fourth-order valence-electron chi connectivity index (χ4n) is 7.72. The van der Waals surface area contributed by atoms with Crippen LogP contribution in [0.5, 0.6) is 28.7 Å². The number of aromatic hydroxyl groups is 1. The van der Waals surface area contributed by atoms with Crippen molar-refractivity contribution in [3.05, 3.63) is 39.4 Å². The van der Waals surface area contributed by atoms with E-state index in [9.17, 15) is 29.9 Å². The molecule has 2 aromatic rings. The molecule has 4 aliphatic rings. The summed E-state index contributed by atoms with van der Waals surface area (Å²) in [6, 6.07) is 1.41. The molecule has 1 saturated heterocycles. The summed E-state index contributed by atoms with van der Waals surface area (Å²) in [5.41, 5.74) is 3.77. The topological polar surface area (TPSA) is 159 Å². The highest BCUT2D eigenvalue weighted by atomic mass is 32.2. The Kier molecular flexibility index (Phi) is 7.97. The number of phenols is 1. The Hall–Kier alpha value is -3.83. The Labute approximate surface area is 264 Å². The lowest BCUT2D eigenvalue weighted by Gasteiger charge is -2.61. The van der Waals surface area contributed by atoms with Gasteiger partial charge >= 0.3 is 5.97 Å². The average molecular weight is 638 g/mol. The highest BCUT2D eigenvalue weighted by molar-refractivity contribution is 8.00. The first-order chi connectivity index (χ1) is 21.5. The zero-order chi connectivity index (χ0) is 32.5. The van der Waals surface area contributed by atoms with Crippen LogP contribution in [-0.2, 0) is 20.8 Å². The van der Waals surface area contributed by atoms with Crippen LogP contribution >= 0.6 is 11.8 Å². The second kappa shape index (κ2) is 11.5. The molecule has 0 aromatic heterocycles. The summed E-state index contributed by atoms with van der Waals surface area (Å²) < 4.78 is 23.3. The molecule has 0 amide bonds. The summed E-state index contributed by atoms with van der Waals surface area (Å²) in [4.78, 5) is 41.4. The number of likely N-dealkylation sites (N-methyl/N-ethyl adjacent to an activating group) is 1. The molecule has 12 nitrogen and oxygen atoms in total. The van der Waals surface area contributed by atoms with Crippen molar-refractivity contribution in [2.24, 2.45) is 0 Å². The van der Waals surface area contributed by atoms with Gasteiger partial charge in [0.05, 0.1) is 42.9 Å². The maximum absolute atomic E-state index is 12.8. The van der Waals surface area contributed by atoms with Crippen LogP contribution in [0, 0.1) is 25.2 Å². The van der Waals surface area contributed by atoms with E-state index in [4.69, 9.17) is 18.9 Å². The number of benzene rings is 2. The lowest BCUT2D eigenvalue weighted by atomic mass is 9.71. The van der Waals surface area contributed by atoms with Crippen molar-refractivity contribution in [1.82, 2.24) is 9.80 Å². The first-order valence-corrected chi connectivity index (χ1v) is 15.7. The highest BCUT2D eigenvalue weighted by Crippen LogP contribution is 2.63. The number of piperazine rings is 1. The number of hydrogen-bond acceptors (Lipinski definition) is 13. The van der Waals surface area contributed by atoms with Gasteiger partial charge in [0.2, 0.25) is 12.6 Å². The molecule has 2 bridgehead atoms. The van der Waals surface area contributed by atoms with E-state index in [1.54, 1.807) is 6.92 Å². The van der Waals surface area contributed by atoms with Crippen LogP contribution in [0.2, 0.25) is 0 Å². The third-order valence-electron chi connectivity index (χ3n) is 9.51. The normalized spacial score (nSPS) is 26.3. The number of aliphatic hydroxyl groups is 1. The molecular weight excluding hydrogens is 602 g/mol. The molecule has 0 aliphatic carbocycles. The van der Waals surface area contributed by atoms with Crippen molar-refractivity contribution in [1.29, 1.82) is 5.26 Å². The molecule has 6 rings (SSSR count). The number of rotatable bonds is 7. The van der Waals surface area contributed by atoms with Gasteiger partial charge < -0.3 is 29.2 Å². The van der Waals surface area contributed by atoms with Crippen molar-refractivity contribution < 1.29 is 43.5 Å². The van der Waals surface area contributed by atoms with Crippen LogP contribution in [0.3, 0.4) is 0 Å². The number of phenolic OH excluding ortho intramolecular Hbond substituents is 1. The van der Waals surface area contributed by atoms with Crippen LogP contribution in [0.25, 0.3) is 0 Å². The van der Waals surface area contributed by atoms with Crippen molar-refractivity contribution in [3.63, 3.8) is 0 Å². The van der Waals surface area contributed by atoms with Gasteiger partial charge in [0.15, 0.2) is 28.8 Å². The van der Waals surface area contributed by atoms with Gasteiger partial charge in [-0.3, -0.25) is 24.2 Å². The van der Waals surface area contributed by atoms with E-state index in [0.29, 0.717) is 45.9 Å². The molecule has 0 saturated carbocycles. The quantitative estimate of drug-likeness (QED) is 0.260. The molecule has 6 atom stereocenters. The molecule has 0 spiro atoms. The summed E-state index contributed by atoms with van der Waals surface area (Å²) >= 11 is 1.19. The summed E-state index contributed by atoms with van der Waals surface area (Å²) in [5, 5.41) is 32.8. The summed E-state index contributed by atoms with van der Waals surface area (Å²) in [6.07, 6.45) is 0.456. The molecule has 13 heteroatoms. The summed E-state index contributed by atoms with van der Waals surface area (Å²) in [5.74, 6) is -0.676. The van der Waals surface area contributed by atoms with Gasteiger partial charge in [0, 0.05) is 48.2 Å². The fourth-order valence-corrected chi connectivity index (χ4v) is 9.14. The highest BCUT2D eigenvalue weighted by Gasteiger charge is 2.60. The maximum Gasteiger partial charge on any atom is 0.308 e. The number of carbonyl (C=O) groups is 3. The molecule has 1 unspecified atom stereocenters. The van der Waals surface area contributed by atoms with E-state index >= 15 is 0 Å². The van der Waals surface area contributed by atoms with Crippen LogP contribution in [-0.4, -0.2) is 89.0 Å². The SMILES string of the molecule is COc1c(C)cc2c(c1O)[C@@H]1C3[C@H](SCC(=O)C(C)=O)c4c(OC(C)=O)c(C)c5c(c4[C@H](CO)N3[C@@H](C#N)[C@@H](C2)N1C)OCO5. The number of Topliss-reactive ketones (excluding diaryl/α,β-unsaturated/α-hetero) is 2. The molecule has 45 heavy (non-hydrogen) atoms. The summed E-state index contributed by atoms with van der Waals surface area (Å²) in [6.45, 7) is 5.58. The number of ketones is 2. The number of thioether (sulfide) groups is 1. The Morgan fingerprint density at radius 3 is 2.47 bits per heavy atom. The van der Waals surface area contributed by atoms with Crippen LogP contribution in [0.15, 0.2) is 6.07 Å². The van der Waals surface area contributed by atoms with Gasteiger partial charge in [-0.05, 0) is 38.4 Å². The monoisotopic (exact) mass is 637 g/mol. The van der Waals surface area contributed by atoms with E-state index in [0.717, 1.165) is 11.1 Å². The van der Waals surface area contributed by atoms with Crippen LogP contribution in [0.1, 0.15) is 64.6 Å². The summed E-state index contributed by atoms with van der Waals surface area (Å²) in [7, 11) is 3.39. The van der Waals surface area contributed by atoms with Gasteiger partial charge in [-0.15, -0.1) is 11.8 Å². The number of fused-ring (bicyclic) bond motifs is 9. The third kappa shape index (κ3) is 4.57. The predicted octanol–water partition coefficient (Wildman–Crippen LogP) is 2.83. The standard InChI is InChI=1S/C32H35N3O9S/c1-13-7-17-8-18-19(9-33)35-20(10-36)23-24(29(44-16(4)38)14(2)30-31(23)43-12-42-30)32(45-11-21(39)15(3)37)26(35)25(34(18)5)22(17)27(40)28(13)41-6/h7,18-20,25-26,32,36,40H,8,10-12H2,1-6H3/t18-,19+,20+,25-,26?,32-/m1/s1. The van der Waals surface area contributed by atoms with Crippen molar-refractivity contribution in [3.8, 4) is 34.8 Å². The average Bonchev–Trinajstić information content (AvgIpc) is 3.48. The largest absolute Gasteiger partial charge is 0.504 e. The van der Waals surface area contributed by atoms with Gasteiger partial charge in [-0.25, -0.2) is 0 Å². The second-order valence-electron chi connectivity index (χ2n) is 11.9. The minimum Gasteiger partial charge on any atom is -0.504 e. The Bertz CT molecular complexity index is 1670.